The van der Waals surface area contributed by atoms with E-state index in [9.17, 15) is 13.2 Å². The number of thiophene rings is 1. The highest BCUT2D eigenvalue weighted by molar-refractivity contribution is 7.91. The Morgan fingerprint density at radius 1 is 1.07 bits per heavy atom. The lowest BCUT2D eigenvalue weighted by atomic mass is 9.79. The van der Waals surface area contributed by atoms with Gasteiger partial charge in [-0.25, -0.2) is 8.42 Å². The predicted octanol–water partition coefficient (Wildman–Crippen LogP) is 3.45. The van der Waals surface area contributed by atoms with Crippen molar-refractivity contribution in [3.05, 3.63) is 17.5 Å². The molecule has 1 saturated carbocycles. The molecule has 3 fully saturated rings. The number of hydrogen-bond acceptors (Lipinski definition) is 5. The molecule has 2 aliphatic heterocycles. The van der Waals surface area contributed by atoms with Crippen LogP contribution in [0.3, 0.4) is 0 Å². The van der Waals surface area contributed by atoms with E-state index >= 15 is 0 Å². The highest BCUT2D eigenvalue weighted by atomic mass is 32.2. The lowest BCUT2D eigenvalue weighted by Gasteiger charge is -2.48. The lowest BCUT2D eigenvalue weighted by molar-refractivity contribution is -0.127. The van der Waals surface area contributed by atoms with Gasteiger partial charge in [0.25, 0.3) is 10.0 Å². The highest BCUT2D eigenvalue weighted by Gasteiger charge is 2.40. The molecule has 4 rings (SSSR count). The van der Waals surface area contributed by atoms with Gasteiger partial charge in [-0.15, -0.1) is 11.3 Å². The van der Waals surface area contributed by atoms with Crippen LogP contribution in [0.5, 0.6) is 0 Å². The molecular weight excluding hydrogens is 418 g/mol. The van der Waals surface area contributed by atoms with Gasteiger partial charge in [-0.2, -0.15) is 4.31 Å². The molecule has 6 nitrogen and oxygen atoms in total. The van der Waals surface area contributed by atoms with Crippen molar-refractivity contribution in [3.8, 4) is 0 Å². The topological polar surface area (TPSA) is 69.7 Å². The molecule has 0 bridgehead atoms. The zero-order valence-corrected chi connectivity index (χ0v) is 19.5. The maximum absolute atomic E-state index is 13.1. The smallest absolute Gasteiger partial charge is 0.252 e. The number of carbonyl (C=O) groups excluding carboxylic acids is 1. The van der Waals surface area contributed by atoms with Crippen LogP contribution < -0.4 is 5.32 Å². The van der Waals surface area contributed by atoms with Gasteiger partial charge in [0.2, 0.25) is 5.91 Å². The van der Waals surface area contributed by atoms with Crippen LogP contribution in [0.25, 0.3) is 0 Å². The average Bonchev–Trinajstić information content (AvgIpc) is 3.35. The SMILES string of the molecule is O=C(NCC1(N2CCCCC2)CCCCC1)C1CCCN(S(=O)(=O)c2cccs2)C1. The number of likely N-dealkylation sites (tertiary alicyclic amines) is 1. The minimum Gasteiger partial charge on any atom is -0.354 e. The van der Waals surface area contributed by atoms with Gasteiger partial charge in [0.15, 0.2) is 0 Å². The van der Waals surface area contributed by atoms with E-state index in [1.54, 1.807) is 17.5 Å². The van der Waals surface area contributed by atoms with Crippen molar-refractivity contribution in [2.45, 2.75) is 74.0 Å². The zero-order valence-electron chi connectivity index (χ0n) is 17.9. The molecule has 168 valence electrons. The fraction of sp³-hybridized carbons (Fsp3) is 0.773. The molecule has 1 N–H and O–H groups in total. The van der Waals surface area contributed by atoms with Crippen LogP contribution in [0.15, 0.2) is 21.7 Å². The van der Waals surface area contributed by atoms with E-state index < -0.39 is 10.0 Å². The summed E-state index contributed by atoms with van der Waals surface area (Å²) < 4.78 is 27.6. The van der Waals surface area contributed by atoms with Crippen molar-refractivity contribution in [3.63, 3.8) is 0 Å². The number of nitrogens with zero attached hydrogens (tertiary/aromatic N) is 2. The fourth-order valence-electron chi connectivity index (χ4n) is 5.49. The molecular formula is C22H35N3O3S2. The second kappa shape index (κ2) is 9.67. The van der Waals surface area contributed by atoms with Gasteiger partial charge in [-0.3, -0.25) is 9.69 Å². The molecule has 8 heteroatoms. The van der Waals surface area contributed by atoms with Crippen molar-refractivity contribution in [2.75, 3.05) is 32.7 Å². The lowest BCUT2D eigenvalue weighted by Crippen LogP contribution is -2.59. The molecule has 1 aromatic rings. The third-order valence-corrected chi connectivity index (χ3v) is 10.5. The van der Waals surface area contributed by atoms with Crippen molar-refractivity contribution >= 4 is 27.3 Å². The summed E-state index contributed by atoms with van der Waals surface area (Å²) in [6.07, 6.45) is 11.4. The summed E-state index contributed by atoms with van der Waals surface area (Å²) in [5, 5.41) is 5.05. The van der Waals surface area contributed by atoms with Crippen LogP contribution in [0.1, 0.15) is 64.2 Å². The number of carbonyl (C=O) groups is 1. The Hall–Kier alpha value is -0.960. The van der Waals surface area contributed by atoms with E-state index in [1.165, 1.54) is 54.2 Å². The van der Waals surface area contributed by atoms with Gasteiger partial charge in [0, 0.05) is 25.2 Å². The normalized spacial score (nSPS) is 26.3. The maximum Gasteiger partial charge on any atom is 0.252 e. The Bertz CT molecular complexity index is 798. The largest absolute Gasteiger partial charge is 0.354 e. The van der Waals surface area contributed by atoms with E-state index in [0.29, 0.717) is 23.8 Å². The Morgan fingerprint density at radius 3 is 2.50 bits per heavy atom. The summed E-state index contributed by atoms with van der Waals surface area (Å²) in [5.74, 6) is -0.224. The minimum atomic E-state index is -3.49. The first kappa shape index (κ1) is 22.2. The Balaban J connectivity index is 1.39. The maximum atomic E-state index is 13.1. The van der Waals surface area contributed by atoms with Gasteiger partial charge in [0.1, 0.15) is 4.21 Å². The van der Waals surface area contributed by atoms with E-state index in [2.05, 4.69) is 10.2 Å². The summed E-state index contributed by atoms with van der Waals surface area (Å²) in [7, 11) is -3.49. The fourth-order valence-corrected chi connectivity index (χ4v) is 8.16. The van der Waals surface area contributed by atoms with Crippen molar-refractivity contribution in [1.29, 1.82) is 0 Å². The first-order valence-electron chi connectivity index (χ1n) is 11.6. The highest BCUT2D eigenvalue weighted by Crippen LogP contribution is 2.35. The van der Waals surface area contributed by atoms with Crippen LogP contribution in [0.4, 0.5) is 0 Å². The third-order valence-electron chi connectivity index (χ3n) is 7.25. The molecule has 1 aliphatic carbocycles. The molecule has 1 unspecified atom stereocenters. The summed E-state index contributed by atoms with van der Waals surface area (Å²) >= 11 is 1.24. The number of nitrogens with one attached hydrogen (secondary N) is 1. The Kier molecular flexibility index (Phi) is 7.17. The number of piperidine rings is 2. The molecule has 3 aliphatic rings. The van der Waals surface area contributed by atoms with Crippen molar-refractivity contribution in [1.82, 2.24) is 14.5 Å². The van der Waals surface area contributed by atoms with Gasteiger partial charge in [-0.05, 0) is 63.1 Å². The van der Waals surface area contributed by atoms with Gasteiger partial charge in [0.05, 0.1) is 5.92 Å². The molecule has 0 spiro atoms. The monoisotopic (exact) mass is 453 g/mol. The minimum absolute atomic E-state index is 0.0306. The summed E-state index contributed by atoms with van der Waals surface area (Å²) in [5.41, 5.74) is 0.103. The molecule has 0 radical (unpaired) electrons. The first-order valence-corrected chi connectivity index (χ1v) is 13.9. The number of sulfonamides is 1. The van der Waals surface area contributed by atoms with Gasteiger partial charge >= 0.3 is 0 Å². The Labute approximate surface area is 185 Å². The van der Waals surface area contributed by atoms with Crippen molar-refractivity contribution in [2.24, 2.45) is 5.92 Å². The van der Waals surface area contributed by atoms with E-state index in [4.69, 9.17) is 0 Å². The number of hydrogen-bond donors (Lipinski definition) is 1. The standard InChI is InChI=1S/C22H35N3O3S2/c26-21(19-9-7-15-25(17-19)30(27,28)20-10-8-16-29-20)23-18-22(11-3-1-4-12-22)24-13-5-2-6-14-24/h8,10,16,19H,1-7,9,11-15,17-18H2,(H,23,26). The predicted molar refractivity (Wildman–Crippen MR) is 120 cm³/mol. The average molecular weight is 454 g/mol. The van der Waals surface area contributed by atoms with Crippen LogP contribution in [-0.2, 0) is 14.8 Å². The molecule has 0 aromatic carbocycles. The molecule has 1 atom stereocenters. The summed E-state index contributed by atoms with van der Waals surface area (Å²) in [4.78, 5) is 15.7. The molecule has 1 aromatic heterocycles. The van der Waals surface area contributed by atoms with Crippen molar-refractivity contribution < 1.29 is 13.2 Å². The number of amides is 1. The summed E-state index contributed by atoms with van der Waals surface area (Å²) in [6.45, 7) is 3.79. The molecule has 2 saturated heterocycles. The van der Waals surface area contributed by atoms with Crippen LogP contribution in [0, 0.1) is 5.92 Å². The molecule has 30 heavy (non-hydrogen) atoms. The van der Waals surface area contributed by atoms with E-state index in [1.807, 2.05) is 0 Å². The van der Waals surface area contributed by atoms with Crippen LogP contribution in [-0.4, -0.2) is 61.8 Å². The first-order chi connectivity index (χ1) is 14.5. The summed E-state index contributed by atoms with van der Waals surface area (Å²) in [6, 6.07) is 3.41. The zero-order chi connectivity index (χ0) is 21.0. The van der Waals surface area contributed by atoms with Gasteiger partial charge < -0.3 is 5.32 Å². The molecule has 1 amide bonds. The van der Waals surface area contributed by atoms with E-state index in [0.717, 1.165) is 38.8 Å². The molecule has 3 heterocycles. The number of rotatable bonds is 6. The quantitative estimate of drug-likeness (QED) is 0.716. The Morgan fingerprint density at radius 2 is 1.80 bits per heavy atom. The third kappa shape index (κ3) is 4.76. The second-order valence-corrected chi connectivity index (χ2v) is 12.3. The van der Waals surface area contributed by atoms with Crippen LogP contribution in [0.2, 0.25) is 0 Å². The van der Waals surface area contributed by atoms with Crippen LogP contribution >= 0.6 is 11.3 Å². The van der Waals surface area contributed by atoms with E-state index in [-0.39, 0.29) is 17.4 Å². The second-order valence-electron chi connectivity index (χ2n) is 9.18. The van der Waals surface area contributed by atoms with Gasteiger partial charge in [-0.1, -0.05) is 31.7 Å².